The molecule has 1 amide bonds. The maximum Gasteiger partial charge on any atom is 0.256 e. The van der Waals surface area contributed by atoms with Crippen molar-refractivity contribution in [2.75, 3.05) is 26.6 Å². The molecule has 1 aliphatic heterocycles. The number of hydrogen-bond donors (Lipinski definition) is 1. The fourth-order valence-corrected chi connectivity index (χ4v) is 4.00. The smallest absolute Gasteiger partial charge is 0.256 e. The molecule has 0 aromatic heterocycles. The first-order valence-corrected chi connectivity index (χ1v) is 8.89. The lowest BCUT2D eigenvalue weighted by Crippen LogP contribution is -2.04. The van der Waals surface area contributed by atoms with E-state index >= 15 is 0 Å². The summed E-state index contributed by atoms with van der Waals surface area (Å²) in [7, 11) is 4.69. The molecule has 3 rings (SSSR count). The predicted molar refractivity (Wildman–Crippen MR) is 104 cm³/mol. The van der Waals surface area contributed by atoms with Gasteiger partial charge in [-0.2, -0.15) is 0 Å². The lowest BCUT2D eigenvalue weighted by molar-refractivity contribution is -0.110. The summed E-state index contributed by atoms with van der Waals surface area (Å²) < 4.78 is 17.9. The molecule has 2 aromatic carbocycles. The number of halogens is 2. The molecule has 0 saturated heterocycles. The third-order valence-electron chi connectivity index (χ3n) is 3.87. The van der Waals surface area contributed by atoms with Crippen LogP contribution in [0, 0.1) is 0 Å². The highest BCUT2D eigenvalue weighted by molar-refractivity contribution is 9.11. The highest BCUT2D eigenvalue weighted by atomic mass is 79.9. The van der Waals surface area contributed by atoms with Crippen molar-refractivity contribution >= 4 is 55.1 Å². The molecule has 1 aliphatic rings. The molecule has 0 atom stereocenters. The molecule has 7 heteroatoms. The number of anilines is 1. The maximum absolute atomic E-state index is 12.5. The molecule has 25 heavy (non-hydrogen) atoms. The minimum absolute atomic E-state index is 0.186. The van der Waals surface area contributed by atoms with E-state index in [4.69, 9.17) is 14.2 Å². The molecule has 0 fully saturated rings. The Kier molecular flexibility index (Phi) is 5.06. The Bertz CT molecular complexity index is 868. The van der Waals surface area contributed by atoms with Gasteiger partial charge < -0.3 is 19.5 Å². The van der Waals surface area contributed by atoms with Crippen molar-refractivity contribution in [3.63, 3.8) is 0 Å². The second-order valence-electron chi connectivity index (χ2n) is 5.27. The molecule has 5 nitrogen and oxygen atoms in total. The van der Waals surface area contributed by atoms with E-state index in [9.17, 15) is 4.79 Å². The summed E-state index contributed by atoms with van der Waals surface area (Å²) in [5.74, 6) is 1.53. The van der Waals surface area contributed by atoms with E-state index in [0.29, 0.717) is 28.4 Å². The van der Waals surface area contributed by atoms with Crippen LogP contribution in [-0.4, -0.2) is 27.2 Å². The minimum atomic E-state index is -0.186. The zero-order valence-corrected chi connectivity index (χ0v) is 16.9. The lowest BCUT2D eigenvalue weighted by atomic mass is 10.0. The van der Waals surface area contributed by atoms with Gasteiger partial charge in [0.25, 0.3) is 5.91 Å². The van der Waals surface area contributed by atoms with E-state index in [1.165, 1.54) is 0 Å². The molecule has 1 N–H and O–H groups in total. The topological polar surface area (TPSA) is 56.8 Å². The number of benzene rings is 2. The Hall–Kier alpha value is -1.99. The van der Waals surface area contributed by atoms with Gasteiger partial charge in [0.15, 0.2) is 0 Å². The van der Waals surface area contributed by atoms with Crippen molar-refractivity contribution in [2.45, 2.75) is 0 Å². The molecule has 0 aliphatic carbocycles. The van der Waals surface area contributed by atoms with E-state index in [2.05, 4.69) is 37.2 Å². The maximum atomic E-state index is 12.5. The standard InChI is InChI=1S/C18H15Br2NO4/c1-23-10-6-15(24-2)13(16(7-10)25-3)8-12-11-4-9(19)5-14(20)17(11)21-18(12)22/h4-8H,1-3H3,(H,21,22). The fraction of sp³-hybridized carbons (Fsp3) is 0.167. The van der Waals surface area contributed by atoms with Crippen LogP contribution in [0.4, 0.5) is 5.69 Å². The van der Waals surface area contributed by atoms with Crippen LogP contribution in [0.3, 0.4) is 0 Å². The predicted octanol–water partition coefficient (Wildman–Crippen LogP) is 4.73. The molecular formula is C18H15Br2NO4. The van der Waals surface area contributed by atoms with Gasteiger partial charge in [0.05, 0.1) is 32.6 Å². The first-order chi connectivity index (χ1) is 12.0. The molecule has 0 unspecified atom stereocenters. The number of rotatable bonds is 4. The van der Waals surface area contributed by atoms with Gasteiger partial charge in [0, 0.05) is 32.2 Å². The quantitative estimate of drug-likeness (QED) is 0.659. The van der Waals surface area contributed by atoms with Crippen LogP contribution in [0.5, 0.6) is 17.2 Å². The van der Waals surface area contributed by atoms with Crippen LogP contribution >= 0.6 is 31.9 Å². The molecule has 2 aromatic rings. The SMILES string of the molecule is COc1cc(OC)c(C=C2C(=O)Nc3c(Br)cc(Br)cc32)c(OC)c1. The van der Waals surface area contributed by atoms with Gasteiger partial charge in [-0.25, -0.2) is 0 Å². The van der Waals surface area contributed by atoms with Gasteiger partial charge in [0.1, 0.15) is 17.2 Å². The summed E-state index contributed by atoms with van der Waals surface area (Å²) in [6.45, 7) is 0. The van der Waals surface area contributed by atoms with Crippen molar-refractivity contribution in [1.29, 1.82) is 0 Å². The number of carbonyl (C=O) groups is 1. The fourth-order valence-electron chi connectivity index (χ4n) is 2.68. The van der Waals surface area contributed by atoms with Crippen molar-refractivity contribution in [1.82, 2.24) is 0 Å². The van der Waals surface area contributed by atoms with Gasteiger partial charge in [-0.3, -0.25) is 4.79 Å². The number of carbonyl (C=O) groups excluding carboxylic acids is 1. The molecule has 0 radical (unpaired) electrons. The number of methoxy groups -OCH3 is 3. The van der Waals surface area contributed by atoms with Gasteiger partial charge in [0.2, 0.25) is 0 Å². The Balaban J connectivity index is 2.22. The largest absolute Gasteiger partial charge is 0.496 e. The van der Waals surface area contributed by atoms with Crippen LogP contribution in [0.25, 0.3) is 11.6 Å². The number of amides is 1. The van der Waals surface area contributed by atoms with Crippen molar-refractivity contribution in [3.8, 4) is 17.2 Å². The molecular weight excluding hydrogens is 454 g/mol. The van der Waals surface area contributed by atoms with E-state index in [0.717, 1.165) is 20.2 Å². The molecule has 0 saturated carbocycles. The highest BCUT2D eigenvalue weighted by Crippen LogP contribution is 2.43. The normalized spacial score (nSPS) is 14.3. The highest BCUT2D eigenvalue weighted by Gasteiger charge is 2.27. The van der Waals surface area contributed by atoms with Crippen LogP contribution < -0.4 is 19.5 Å². The van der Waals surface area contributed by atoms with Crippen LogP contribution in [0.1, 0.15) is 11.1 Å². The van der Waals surface area contributed by atoms with E-state index in [1.54, 1.807) is 39.5 Å². The van der Waals surface area contributed by atoms with Gasteiger partial charge >= 0.3 is 0 Å². The molecule has 130 valence electrons. The van der Waals surface area contributed by atoms with Crippen molar-refractivity contribution in [3.05, 3.63) is 44.3 Å². The second kappa shape index (κ2) is 7.09. The third kappa shape index (κ3) is 3.26. The Labute approximate surface area is 162 Å². The van der Waals surface area contributed by atoms with Gasteiger partial charge in [-0.05, 0) is 34.1 Å². The summed E-state index contributed by atoms with van der Waals surface area (Å²) >= 11 is 6.94. The third-order valence-corrected chi connectivity index (χ3v) is 4.95. The molecule has 0 bridgehead atoms. The first kappa shape index (κ1) is 17.8. The van der Waals surface area contributed by atoms with Crippen molar-refractivity contribution < 1.29 is 19.0 Å². The monoisotopic (exact) mass is 467 g/mol. The van der Waals surface area contributed by atoms with E-state index in [-0.39, 0.29) is 5.91 Å². The van der Waals surface area contributed by atoms with Crippen LogP contribution in [0.2, 0.25) is 0 Å². The molecule has 1 heterocycles. The lowest BCUT2D eigenvalue weighted by Gasteiger charge is -2.13. The Morgan fingerprint density at radius 1 is 0.960 bits per heavy atom. The van der Waals surface area contributed by atoms with Crippen LogP contribution in [0.15, 0.2) is 33.2 Å². The van der Waals surface area contributed by atoms with Crippen LogP contribution in [-0.2, 0) is 4.79 Å². The summed E-state index contributed by atoms with van der Waals surface area (Å²) in [6.07, 6.45) is 1.76. The van der Waals surface area contributed by atoms with Crippen molar-refractivity contribution in [2.24, 2.45) is 0 Å². The average Bonchev–Trinajstić information content (AvgIpc) is 2.91. The number of ether oxygens (including phenoxy) is 3. The Morgan fingerprint density at radius 3 is 2.16 bits per heavy atom. The first-order valence-electron chi connectivity index (χ1n) is 7.31. The summed E-state index contributed by atoms with van der Waals surface area (Å²) in [5, 5.41) is 2.88. The number of fused-ring (bicyclic) bond motifs is 1. The number of nitrogens with one attached hydrogen (secondary N) is 1. The minimum Gasteiger partial charge on any atom is -0.496 e. The van der Waals surface area contributed by atoms with Gasteiger partial charge in [-0.1, -0.05) is 15.9 Å². The number of hydrogen-bond acceptors (Lipinski definition) is 4. The molecule has 0 spiro atoms. The Morgan fingerprint density at radius 2 is 1.60 bits per heavy atom. The van der Waals surface area contributed by atoms with Gasteiger partial charge in [-0.15, -0.1) is 0 Å². The average molecular weight is 469 g/mol. The zero-order chi connectivity index (χ0) is 18.1. The zero-order valence-electron chi connectivity index (χ0n) is 13.8. The van der Waals surface area contributed by atoms with E-state index in [1.807, 2.05) is 12.1 Å². The second-order valence-corrected chi connectivity index (χ2v) is 7.04. The summed E-state index contributed by atoms with van der Waals surface area (Å²) in [4.78, 5) is 12.5. The summed E-state index contributed by atoms with van der Waals surface area (Å²) in [6, 6.07) is 7.28. The summed E-state index contributed by atoms with van der Waals surface area (Å²) in [5.41, 5.74) is 2.73. The van der Waals surface area contributed by atoms with E-state index < -0.39 is 0 Å².